The molecule has 2 atom stereocenters. The topological polar surface area (TPSA) is 81.2 Å². The maximum Gasteiger partial charge on any atom is 0.225 e. The summed E-state index contributed by atoms with van der Waals surface area (Å²) in [5, 5.41) is 2.84. The number of amides is 1. The monoisotopic (exact) mass is 237 g/mol. The molecular weight excluding hydrogens is 218 g/mol. The molecule has 0 radical (unpaired) electrons. The molecule has 17 heavy (non-hydrogen) atoms. The Morgan fingerprint density at radius 1 is 1.53 bits per heavy atom. The Balaban J connectivity index is 1.87. The Bertz CT molecular complexity index is 394. The summed E-state index contributed by atoms with van der Waals surface area (Å²) in [4.78, 5) is 16.1. The minimum absolute atomic E-state index is 0.00281. The minimum Gasteiger partial charge on any atom is -0.444 e. The van der Waals surface area contributed by atoms with Crippen molar-refractivity contribution in [2.24, 2.45) is 11.7 Å². The Hall–Kier alpha value is -1.36. The van der Waals surface area contributed by atoms with Crippen molar-refractivity contribution >= 4 is 5.91 Å². The second-order valence-corrected chi connectivity index (χ2v) is 4.67. The lowest BCUT2D eigenvalue weighted by atomic mass is 10.0. The molecule has 1 aromatic rings. The lowest BCUT2D eigenvalue weighted by Crippen LogP contribution is -2.38. The normalized spacial score (nSPS) is 23.9. The number of rotatable bonds is 3. The van der Waals surface area contributed by atoms with Gasteiger partial charge in [-0.2, -0.15) is 0 Å². The summed E-state index contributed by atoms with van der Waals surface area (Å²) < 4.78 is 5.40. The van der Waals surface area contributed by atoms with Crippen LogP contribution >= 0.6 is 0 Å². The first-order valence-corrected chi connectivity index (χ1v) is 6.04. The van der Waals surface area contributed by atoms with Crippen molar-refractivity contribution in [3.8, 4) is 0 Å². The fourth-order valence-electron chi connectivity index (χ4n) is 2.22. The zero-order valence-electron chi connectivity index (χ0n) is 10.3. The van der Waals surface area contributed by atoms with Crippen LogP contribution in [0.25, 0.3) is 0 Å². The highest BCUT2D eigenvalue weighted by Crippen LogP contribution is 2.24. The molecular formula is C12H19N3O2. The maximum absolute atomic E-state index is 11.9. The molecule has 0 aromatic carbocycles. The number of nitrogens with one attached hydrogen (secondary N) is 1. The van der Waals surface area contributed by atoms with E-state index in [4.69, 9.17) is 10.2 Å². The van der Waals surface area contributed by atoms with Crippen LogP contribution < -0.4 is 11.1 Å². The summed E-state index contributed by atoms with van der Waals surface area (Å²) in [6, 6.07) is 0.00281. The average Bonchev–Trinajstić information content (AvgIpc) is 2.83. The van der Waals surface area contributed by atoms with Crippen molar-refractivity contribution in [2.45, 2.75) is 45.7 Å². The maximum atomic E-state index is 11.9. The van der Waals surface area contributed by atoms with Crippen LogP contribution in [0.15, 0.2) is 4.42 Å². The summed E-state index contributed by atoms with van der Waals surface area (Å²) in [6.07, 6.45) is 2.86. The number of hydrogen-bond acceptors (Lipinski definition) is 4. The standard InChI is InChI=1S/C12H19N3O2/c1-7-8(2)17-11(15-7)6-14-12(16)9-4-3-5-10(9)13/h9-10H,3-6,13H2,1-2H3,(H,14,16). The number of carbonyl (C=O) groups excluding carboxylic acids is 1. The molecule has 0 aliphatic heterocycles. The van der Waals surface area contributed by atoms with Gasteiger partial charge in [-0.05, 0) is 26.7 Å². The van der Waals surface area contributed by atoms with E-state index in [0.717, 1.165) is 30.7 Å². The van der Waals surface area contributed by atoms with Crippen LogP contribution in [-0.4, -0.2) is 16.9 Å². The van der Waals surface area contributed by atoms with E-state index in [-0.39, 0.29) is 17.9 Å². The zero-order chi connectivity index (χ0) is 12.4. The van der Waals surface area contributed by atoms with E-state index in [0.29, 0.717) is 12.4 Å². The van der Waals surface area contributed by atoms with Gasteiger partial charge in [0.05, 0.1) is 18.2 Å². The van der Waals surface area contributed by atoms with Crippen molar-refractivity contribution in [2.75, 3.05) is 0 Å². The Labute approximate surface area is 101 Å². The largest absolute Gasteiger partial charge is 0.444 e. The summed E-state index contributed by atoms with van der Waals surface area (Å²) in [5.41, 5.74) is 6.74. The number of aryl methyl sites for hydroxylation is 2. The molecule has 94 valence electrons. The molecule has 2 rings (SSSR count). The van der Waals surface area contributed by atoms with Gasteiger partial charge in [0.25, 0.3) is 0 Å². The predicted molar refractivity (Wildman–Crippen MR) is 63.1 cm³/mol. The van der Waals surface area contributed by atoms with Crippen LogP contribution in [0.5, 0.6) is 0 Å². The summed E-state index contributed by atoms with van der Waals surface area (Å²) in [7, 11) is 0. The smallest absolute Gasteiger partial charge is 0.225 e. The van der Waals surface area contributed by atoms with E-state index in [1.807, 2.05) is 13.8 Å². The number of oxazole rings is 1. The Morgan fingerprint density at radius 2 is 2.29 bits per heavy atom. The van der Waals surface area contributed by atoms with Gasteiger partial charge in [-0.3, -0.25) is 4.79 Å². The van der Waals surface area contributed by atoms with Gasteiger partial charge >= 0.3 is 0 Å². The molecule has 1 aromatic heterocycles. The van der Waals surface area contributed by atoms with E-state index in [9.17, 15) is 4.79 Å². The molecule has 1 aliphatic carbocycles. The summed E-state index contributed by atoms with van der Waals surface area (Å²) in [6.45, 7) is 4.09. The van der Waals surface area contributed by atoms with Crippen molar-refractivity contribution in [3.05, 3.63) is 17.3 Å². The van der Waals surface area contributed by atoms with Gasteiger partial charge in [-0.25, -0.2) is 4.98 Å². The summed E-state index contributed by atoms with van der Waals surface area (Å²) >= 11 is 0. The SMILES string of the molecule is Cc1nc(CNC(=O)C2CCCC2N)oc1C. The number of nitrogens with zero attached hydrogens (tertiary/aromatic N) is 1. The van der Waals surface area contributed by atoms with Crippen molar-refractivity contribution < 1.29 is 9.21 Å². The van der Waals surface area contributed by atoms with Crippen LogP contribution in [0, 0.1) is 19.8 Å². The molecule has 3 N–H and O–H groups in total. The number of hydrogen-bond donors (Lipinski definition) is 2. The first-order valence-electron chi connectivity index (χ1n) is 6.04. The highest BCUT2D eigenvalue weighted by atomic mass is 16.4. The highest BCUT2D eigenvalue weighted by molar-refractivity contribution is 5.79. The molecule has 5 nitrogen and oxygen atoms in total. The molecule has 1 fully saturated rings. The van der Waals surface area contributed by atoms with Gasteiger partial charge in [0, 0.05) is 6.04 Å². The predicted octanol–water partition coefficient (Wildman–Crippen LogP) is 1.04. The van der Waals surface area contributed by atoms with Gasteiger partial charge in [0.2, 0.25) is 11.8 Å². The van der Waals surface area contributed by atoms with E-state index in [1.165, 1.54) is 0 Å². The number of nitrogens with two attached hydrogens (primary N) is 1. The van der Waals surface area contributed by atoms with Crippen molar-refractivity contribution in [3.63, 3.8) is 0 Å². The molecule has 1 saturated carbocycles. The van der Waals surface area contributed by atoms with Gasteiger partial charge in [0.1, 0.15) is 5.76 Å². The fourth-order valence-corrected chi connectivity index (χ4v) is 2.22. The molecule has 0 spiro atoms. The number of aromatic nitrogens is 1. The van der Waals surface area contributed by atoms with E-state index >= 15 is 0 Å². The Morgan fingerprint density at radius 3 is 2.82 bits per heavy atom. The zero-order valence-corrected chi connectivity index (χ0v) is 10.3. The van der Waals surface area contributed by atoms with E-state index in [2.05, 4.69) is 10.3 Å². The first-order chi connectivity index (χ1) is 8.08. The second kappa shape index (κ2) is 4.87. The fraction of sp³-hybridized carbons (Fsp3) is 0.667. The lowest BCUT2D eigenvalue weighted by Gasteiger charge is -2.14. The Kier molecular flexibility index (Phi) is 3.47. The van der Waals surface area contributed by atoms with E-state index < -0.39 is 0 Å². The van der Waals surface area contributed by atoms with Crippen LogP contribution in [0.2, 0.25) is 0 Å². The second-order valence-electron chi connectivity index (χ2n) is 4.67. The third kappa shape index (κ3) is 2.66. The molecule has 0 bridgehead atoms. The van der Waals surface area contributed by atoms with Gasteiger partial charge in [0.15, 0.2) is 0 Å². The highest BCUT2D eigenvalue weighted by Gasteiger charge is 2.30. The van der Waals surface area contributed by atoms with Crippen LogP contribution in [0.1, 0.15) is 36.6 Å². The lowest BCUT2D eigenvalue weighted by molar-refractivity contribution is -0.125. The quantitative estimate of drug-likeness (QED) is 0.823. The van der Waals surface area contributed by atoms with Crippen LogP contribution in [0.4, 0.5) is 0 Å². The number of carbonyl (C=O) groups is 1. The summed E-state index contributed by atoms with van der Waals surface area (Å²) in [5.74, 6) is 1.32. The van der Waals surface area contributed by atoms with E-state index in [1.54, 1.807) is 0 Å². The van der Waals surface area contributed by atoms with Gasteiger partial charge in [-0.15, -0.1) is 0 Å². The molecule has 2 unspecified atom stereocenters. The first kappa shape index (κ1) is 12.1. The average molecular weight is 237 g/mol. The molecule has 1 aliphatic rings. The molecule has 0 saturated heterocycles. The third-order valence-corrected chi connectivity index (χ3v) is 3.39. The minimum atomic E-state index is -0.0489. The van der Waals surface area contributed by atoms with Crippen LogP contribution in [0.3, 0.4) is 0 Å². The molecule has 5 heteroatoms. The molecule has 1 heterocycles. The third-order valence-electron chi connectivity index (χ3n) is 3.39. The van der Waals surface area contributed by atoms with Crippen molar-refractivity contribution in [1.82, 2.24) is 10.3 Å². The van der Waals surface area contributed by atoms with Crippen LogP contribution in [-0.2, 0) is 11.3 Å². The molecule has 1 amide bonds. The van der Waals surface area contributed by atoms with Gasteiger partial charge < -0.3 is 15.5 Å². The van der Waals surface area contributed by atoms with Gasteiger partial charge in [-0.1, -0.05) is 6.42 Å². The van der Waals surface area contributed by atoms with Crippen molar-refractivity contribution in [1.29, 1.82) is 0 Å².